The van der Waals surface area contributed by atoms with E-state index in [-0.39, 0.29) is 0 Å². The molecule has 0 aromatic rings. The molecule has 0 aromatic carbocycles. The van der Waals surface area contributed by atoms with Crippen LogP contribution >= 0.6 is 0 Å². The second-order valence-corrected chi connectivity index (χ2v) is 7.45. The molecule has 2 aliphatic rings. The summed E-state index contributed by atoms with van der Waals surface area (Å²) in [6.07, 6.45) is 4.58. The van der Waals surface area contributed by atoms with Crippen LogP contribution in [0.4, 0.5) is 0 Å². The van der Waals surface area contributed by atoms with E-state index in [0.29, 0.717) is 25.9 Å². The first-order valence-electron chi connectivity index (χ1n) is 6.87. The summed E-state index contributed by atoms with van der Waals surface area (Å²) >= 11 is 0. The van der Waals surface area contributed by atoms with Crippen molar-refractivity contribution < 1.29 is 18.3 Å². The molecule has 1 aliphatic heterocycles. The minimum atomic E-state index is -3.54. The number of carbonyl (C=O) groups is 1. The lowest BCUT2D eigenvalue weighted by Gasteiger charge is -2.38. The fourth-order valence-corrected chi connectivity index (χ4v) is 4.59. The van der Waals surface area contributed by atoms with Gasteiger partial charge in [-0.3, -0.25) is 4.79 Å². The van der Waals surface area contributed by atoms with Gasteiger partial charge in [-0.25, -0.2) is 0 Å². The summed E-state index contributed by atoms with van der Waals surface area (Å²) in [5, 5.41) is 9.38. The first-order valence-corrected chi connectivity index (χ1v) is 8.31. The second-order valence-electron chi connectivity index (χ2n) is 5.75. The normalized spacial score (nSPS) is 33.4. The molecule has 2 fully saturated rings. The molecule has 2 N–H and O–H groups in total. The highest BCUT2D eigenvalue weighted by Gasteiger charge is 2.45. The molecule has 110 valence electrons. The van der Waals surface area contributed by atoms with E-state index in [9.17, 15) is 18.3 Å². The van der Waals surface area contributed by atoms with E-state index in [1.165, 1.54) is 4.31 Å². The van der Waals surface area contributed by atoms with Crippen molar-refractivity contribution in [1.82, 2.24) is 9.03 Å². The van der Waals surface area contributed by atoms with E-state index in [1.54, 1.807) is 6.92 Å². The van der Waals surface area contributed by atoms with Crippen LogP contribution in [0.3, 0.4) is 0 Å². The van der Waals surface area contributed by atoms with Gasteiger partial charge >= 0.3 is 5.97 Å². The number of nitrogens with zero attached hydrogens (tertiary/aromatic N) is 1. The first kappa shape index (κ1) is 14.7. The van der Waals surface area contributed by atoms with Crippen LogP contribution in [0.5, 0.6) is 0 Å². The number of carboxylic acids is 1. The quantitative estimate of drug-likeness (QED) is 0.807. The molecule has 0 bridgehead atoms. The topological polar surface area (TPSA) is 86.7 Å². The van der Waals surface area contributed by atoms with Crippen LogP contribution in [0, 0.1) is 5.41 Å². The molecule has 6 nitrogen and oxygen atoms in total. The number of nitrogens with one attached hydrogen (secondary N) is 1. The van der Waals surface area contributed by atoms with Gasteiger partial charge in [-0.2, -0.15) is 17.4 Å². The first-order chi connectivity index (χ1) is 8.86. The molecule has 1 saturated heterocycles. The van der Waals surface area contributed by atoms with Crippen molar-refractivity contribution in [3.8, 4) is 0 Å². The maximum absolute atomic E-state index is 12.2. The highest BCUT2D eigenvalue weighted by atomic mass is 32.2. The van der Waals surface area contributed by atoms with Crippen molar-refractivity contribution in [2.75, 3.05) is 13.1 Å². The maximum atomic E-state index is 12.2. The van der Waals surface area contributed by atoms with Gasteiger partial charge in [0.1, 0.15) is 0 Å². The third-order valence-electron chi connectivity index (χ3n) is 4.39. The van der Waals surface area contributed by atoms with E-state index >= 15 is 0 Å². The molecule has 1 saturated carbocycles. The van der Waals surface area contributed by atoms with Crippen molar-refractivity contribution in [2.45, 2.75) is 51.5 Å². The Morgan fingerprint density at radius 2 is 1.89 bits per heavy atom. The van der Waals surface area contributed by atoms with Crippen LogP contribution in [-0.2, 0) is 15.0 Å². The standard InChI is InChI=1S/C12H22N2O4S/c1-12(11(15)16)7-3-2-6-10(12)13-19(17,18)14-8-4-5-9-14/h10,13H,2-9H2,1H3,(H,15,16). The molecule has 0 amide bonds. The fraction of sp³-hybridized carbons (Fsp3) is 0.917. The number of hydrogen-bond acceptors (Lipinski definition) is 3. The summed E-state index contributed by atoms with van der Waals surface area (Å²) in [5.41, 5.74) is -0.995. The summed E-state index contributed by atoms with van der Waals surface area (Å²) in [7, 11) is -3.54. The Bertz CT molecular complexity index is 445. The predicted molar refractivity (Wildman–Crippen MR) is 70.9 cm³/mol. The van der Waals surface area contributed by atoms with E-state index < -0.39 is 27.6 Å². The monoisotopic (exact) mass is 290 g/mol. The average molecular weight is 290 g/mol. The lowest BCUT2D eigenvalue weighted by atomic mass is 9.72. The molecule has 2 rings (SSSR count). The number of aliphatic carboxylic acids is 1. The van der Waals surface area contributed by atoms with Gasteiger partial charge in [0.2, 0.25) is 0 Å². The van der Waals surface area contributed by atoms with Gasteiger partial charge in [0.15, 0.2) is 0 Å². The molecule has 7 heteroatoms. The number of rotatable bonds is 4. The third kappa shape index (κ3) is 2.93. The van der Waals surface area contributed by atoms with Crippen molar-refractivity contribution in [3.63, 3.8) is 0 Å². The lowest BCUT2D eigenvalue weighted by Crippen LogP contribution is -2.54. The highest BCUT2D eigenvalue weighted by molar-refractivity contribution is 7.87. The Balaban J connectivity index is 2.13. The van der Waals surface area contributed by atoms with Crippen LogP contribution < -0.4 is 4.72 Å². The molecule has 1 aliphatic carbocycles. The average Bonchev–Trinajstić information content (AvgIpc) is 2.86. The SMILES string of the molecule is CC1(C(=O)O)CCCCC1NS(=O)(=O)N1CCCC1. The van der Waals surface area contributed by atoms with Gasteiger partial charge in [0, 0.05) is 19.1 Å². The van der Waals surface area contributed by atoms with Gasteiger partial charge in [0.05, 0.1) is 5.41 Å². The minimum absolute atomic E-state index is 0.510. The van der Waals surface area contributed by atoms with Crippen LogP contribution in [-0.4, -0.2) is 42.9 Å². The van der Waals surface area contributed by atoms with Gasteiger partial charge in [-0.1, -0.05) is 12.8 Å². The van der Waals surface area contributed by atoms with Crippen LogP contribution in [0.15, 0.2) is 0 Å². The zero-order valence-electron chi connectivity index (χ0n) is 11.3. The van der Waals surface area contributed by atoms with Crippen molar-refractivity contribution >= 4 is 16.2 Å². The summed E-state index contributed by atoms with van der Waals surface area (Å²) < 4.78 is 28.5. The summed E-state index contributed by atoms with van der Waals surface area (Å²) in [6, 6.07) is -0.510. The Morgan fingerprint density at radius 3 is 2.47 bits per heavy atom. The zero-order chi connectivity index (χ0) is 14.1. The Hall–Kier alpha value is -0.660. The lowest BCUT2D eigenvalue weighted by molar-refractivity contribution is -0.151. The smallest absolute Gasteiger partial charge is 0.310 e. The molecular formula is C12H22N2O4S. The Labute approximate surface area is 114 Å². The molecule has 2 atom stereocenters. The summed E-state index contributed by atoms with van der Waals surface area (Å²) in [4.78, 5) is 11.4. The molecule has 2 unspecified atom stereocenters. The van der Waals surface area contributed by atoms with Gasteiger partial charge < -0.3 is 5.11 Å². The van der Waals surface area contributed by atoms with E-state index in [0.717, 1.165) is 25.7 Å². The van der Waals surface area contributed by atoms with E-state index in [2.05, 4.69) is 4.72 Å². The largest absolute Gasteiger partial charge is 0.481 e. The predicted octanol–water partition coefficient (Wildman–Crippen LogP) is 0.950. The molecule has 0 radical (unpaired) electrons. The fourth-order valence-electron chi connectivity index (χ4n) is 2.96. The summed E-state index contributed by atoms with van der Waals surface area (Å²) in [6.45, 7) is 2.71. The van der Waals surface area contributed by atoms with Crippen LogP contribution in [0.25, 0.3) is 0 Å². The maximum Gasteiger partial charge on any atom is 0.310 e. The van der Waals surface area contributed by atoms with Gasteiger partial charge in [-0.05, 0) is 32.6 Å². The minimum Gasteiger partial charge on any atom is -0.481 e. The van der Waals surface area contributed by atoms with Crippen molar-refractivity contribution in [2.24, 2.45) is 5.41 Å². The second kappa shape index (κ2) is 5.38. The number of hydrogen-bond donors (Lipinski definition) is 2. The summed E-state index contributed by atoms with van der Waals surface area (Å²) in [5.74, 6) is -0.915. The van der Waals surface area contributed by atoms with Crippen LogP contribution in [0.1, 0.15) is 45.4 Å². The highest BCUT2D eigenvalue weighted by Crippen LogP contribution is 2.37. The third-order valence-corrected chi connectivity index (χ3v) is 6.02. The zero-order valence-corrected chi connectivity index (χ0v) is 12.1. The van der Waals surface area contributed by atoms with Crippen molar-refractivity contribution in [1.29, 1.82) is 0 Å². The molecule has 0 aromatic heterocycles. The Kier molecular flexibility index (Phi) is 4.17. The van der Waals surface area contributed by atoms with E-state index in [1.807, 2.05) is 0 Å². The van der Waals surface area contributed by atoms with Crippen LogP contribution in [0.2, 0.25) is 0 Å². The van der Waals surface area contributed by atoms with Crippen molar-refractivity contribution in [3.05, 3.63) is 0 Å². The van der Waals surface area contributed by atoms with E-state index in [4.69, 9.17) is 0 Å². The van der Waals surface area contributed by atoms with Gasteiger partial charge in [-0.15, -0.1) is 0 Å². The Morgan fingerprint density at radius 1 is 1.26 bits per heavy atom. The number of carboxylic acid groups (broad SMARTS) is 1. The van der Waals surface area contributed by atoms with Gasteiger partial charge in [0.25, 0.3) is 10.2 Å². The molecule has 1 heterocycles. The molecular weight excluding hydrogens is 268 g/mol. The molecule has 0 spiro atoms. The molecule has 19 heavy (non-hydrogen) atoms.